The second-order valence-corrected chi connectivity index (χ2v) is 3.27. The summed E-state index contributed by atoms with van der Waals surface area (Å²) in [7, 11) is 0. The van der Waals surface area contributed by atoms with E-state index < -0.39 is 0 Å². The Balaban J connectivity index is 4.06. The molecule has 0 aromatic heterocycles. The molecule has 1 atom stereocenters. The molecule has 0 aliphatic rings. The predicted molar refractivity (Wildman–Crippen MR) is 49.4 cm³/mol. The van der Waals surface area contributed by atoms with E-state index in [9.17, 15) is 0 Å². The Hall–Kier alpha value is -0.560. The number of aliphatic hydroxyl groups is 1. The maximum atomic E-state index is 8.73. The van der Waals surface area contributed by atoms with E-state index in [-0.39, 0.29) is 6.61 Å². The quantitative estimate of drug-likeness (QED) is 0.619. The van der Waals surface area contributed by atoms with Gasteiger partial charge in [0.1, 0.15) is 0 Å². The Labute approximate surface area is 69.4 Å². The summed E-state index contributed by atoms with van der Waals surface area (Å²) < 4.78 is 0. The zero-order valence-corrected chi connectivity index (χ0v) is 7.89. The normalized spacial score (nSPS) is 14.5. The van der Waals surface area contributed by atoms with Gasteiger partial charge in [-0.3, -0.25) is 0 Å². The van der Waals surface area contributed by atoms with Gasteiger partial charge in [-0.15, -0.1) is 0 Å². The van der Waals surface area contributed by atoms with E-state index in [0.29, 0.717) is 5.92 Å². The second-order valence-electron chi connectivity index (χ2n) is 3.27. The van der Waals surface area contributed by atoms with Gasteiger partial charge in [0.25, 0.3) is 0 Å². The van der Waals surface area contributed by atoms with Crippen LogP contribution < -0.4 is 0 Å². The van der Waals surface area contributed by atoms with Crippen molar-refractivity contribution < 1.29 is 5.11 Å². The Kier molecular flexibility index (Phi) is 4.88. The molecule has 64 valence electrons. The summed E-state index contributed by atoms with van der Waals surface area (Å²) in [6.07, 6.45) is 4.26. The molecule has 0 bridgehead atoms. The lowest BCUT2D eigenvalue weighted by atomic mass is 10.1. The molecule has 0 heterocycles. The monoisotopic (exact) mass is 154 g/mol. The van der Waals surface area contributed by atoms with Crippen LogP contribution in [-0.2, 0) is 0 Å². The molecular weight excluding hydrogens is 136 g/mol. The van der Waals surface area contributed by atoms with E-state index in [1.807, 2.05) is 6.92 Å². The van der Waals surface area contributed by atoms with Crippen LogP contribution in [0.5, 0.6) is 0 Å². The van der Waals surface area contributed by atoms with Crippen molar-refractivity contribution >= 4 is 0 Å². The van der Waals surface area contributed by atoms with Gasteiger partial charge in [-0.1, -0.05) is 30.2 Å². The van der Waals surface area contributed by atoms with Crippen LogP contribution in [0.1, 0.15) is 27.7 Å². The van der Waals surface area contributed by atoms with Crippen molar-refractivity contribution in [3.05, 3.63) is 23.3 Å². The fourth-order valence-electron chi connectivity index (χ4n) is 1.08. The van der Waals surface area contributed by atoms with Crippen molar-refractivity contribution in [2.45, 2.75) is 27.7 Å². The van der Waals surface area contributed by atoms with Crippen LogP contribution in [0.25, 0.3) is 0 Å². The topological polar surface area (TPSA) is 20.2 Å². The van der Waals surface area contributed by atoms with Crippen LogP contribution in [0.15, 0.2) is 23.3 Å². The summed E-state index contributed by atoms with van der Waals surface area (Å²) in [5.41, 5.74) is 2.36. The molecule has 0 aromatic rings. The molecule has 1 unspecified atom stereocenters. The molecule has 0 aliphatic carbocycles. The third-order valence-electron chi connectivity index (χ3n) is 1.39. The average Bonchev–Trinajstić information content (AvgIpc) is 1.85. The van der Waals surface area contributed by atoms with Gasteiger partial charge < -0.3 is 5.11 Å². The van der Waals surface area contributed by atoms with Crippen LogP contribution in [0.3, 0.4) is 0 Å². The Morgan fingerprint density at radius 2 is 1.82 bits per heavy atom. The average molecular weight is 154 g/mol. The maximum Gasteiger partial charge on any atom is 0.0639 e. The molecule has 0 aliphatic heterocycles. The van der Waals surface area contributed by atoms with Crippen LogP contribution in [0, 0.1) is 5.92 Å². The summed E-state index contributed by atoms with van der Waals surface area (Å²) in [5.74, 6) is 0.437. The summed E-state index contributed by atoms with van der Waals surface area (Å²) in [4.78, 5) is 0. The lowest BCUT2D eigenvalue weighted by Gasteiger charge is -2.01. The van der Waals surface area contributed by atoms with Gasteiger partial charge in [0, 0.05) is 0 Å². The van der Waals surface area contributed by atoms with Gasteiger partial charge in [0.2, 0.25) is 0 Å². The first-order chi connectivity index (χ1) is 5.06. The van der Waals surface area contributed by atoms with Crippen LogP contribution >= 0.6 is 0 Å². The maximum absolute atomic E-state index is 8.73. The van der Waals surface area contributed by atoms with Gasteiger partial charge in [0.05, 0.1) is 6.61 Å². The van der Waals surface area contributed by atoms with Crippen LogP contribution in [-0.4, -0.2) is 11.7 Å². The smallest absolute Gasteiger partial charge is 0.0639 e. The van der Waals surface area contributed by atoms with E-state index in [1.54, 1.807) is 0 Å². The fraction of sp³-hybridized carbons (Fsp3) is 0.600. The molecule has 0 amide bonds. The standard InChI is InChI=1S/C10H18O/c1-8(2)5-9(3)6-10(4)7-11/h5-6,9,11H,7H2,1-4H3/b10-6+. The molecule has 0 spiro atoms. The minimum Gasteiger partial charge on any atom is -0.392 e. The van der Waals surface area contributed by atoms with E-state index in [1.165, 1.54) is 5.57 Å². The van der Waals surface area contributed by atoms with E-state index in [2.05, 4.69) is 32.9 Å². The highest BCUT2D eigenvalue weighted by molar-refractivity contribution is 5.08. The van der Waals surface area contributed by atoms with Crippen LogP contribution in [0.2, 0.25) is 0 Å². The first kappa shape index (κ1) is 10.4. The highest BCUT2D eigenvalue weighted by atomic mass is 16.3. The zero-order valence-electron chi connectivity index (χ0n) is 7.89. The number of allylic oxidation sites excluding steroid dienone is 3. The SMILES string of the molecule is CC(C)=CC(C)/C=C(\C)CO. The first-order valence-corrected chi connectivity index (χ1v) is 3.99. The molecule has 1 N–H and O–H groups in total. The van der Waals surface area contributed by atoms with Crippen molar-refractivity contribution in [3.63, 3.8) is 0 Å². The third-order valence-corrected chi connectivity index (χ3v) is 1.39. The Bertz CT molecular complexity index is 162. The lowest BCUT2D eigenvalue weighted by molar-refractivity contribution is 0.330. The van der Waals surface area contributed by atoms with E-state index >= 15 is 0 Å². The van der Waals surface area contributed by atoms with E-state index in [0.717, 1.165) is 5.57 Å². The van der Waals surface area contributed by atoms with Gasteiger partial charge >= 0.3 is 0 Å². The molecule has 0 fully saturated rings. The van der Waals surface area contributed by atoms with Gasteiger partial charge in [-0.2, -0.15) is 0 Å². The largest absolute Gasteiger partial charge is 0.392 e. The summed E-state index contributed by atoms with van der Waals surface area (Å²) >= 11 is 0. The fourth-order valence-corrected chi connectivity index (χ4v) is 1.08. The van der Waals surface area contributed by atoms with Crippen molar-refractivity contribution in [1.29, 1.82) is 0 Å². The summed E-state index contributed by atoms with van der Waals surface area (Å²) in [6, 6.07) is 0. The molecule has 0 saturated carbocycles. The molecule has 1 nitrogen and oxygen atoms in total. The highest BCUT2D eigenvalue weighted by Crippen LogP contribution is 2.06. The zero-order chi connectivity index (χ0) is 8.85. The summed E-state index contributed by atoms with van der Waals surface area (Å²) in [6.45, 7) is 8.39. The molecule has 0 aromatic carbocycles. The first-order valence-electron chi connectivity index (χ1n) is 3.99. The lowest BCUT2D eigenvalue weighted by Crippen LogP contribution is -1.90. The minimum absolute atomic E-state index is 0.168. The number of hydrogen-bond acceptors (Lipinski definition) is 1. The second kappa shape index (κ2) is 5.14. The van der Waals surface area contributed by atoms with Crippen molar-refractivity contribution in [1.82, 2.24) is 0 Å². The van der Waals surface area contributed by atoms with Crippen molar-refractivity contribution in [2.24, 2.45) is 5.92 Å². The van der Waals surface area contributed by atoms with Crippen molar-refractivity contribution in [2.75, 3.05) is 6.61 Å². The molecule has 0 rings (SSSR count). The molecule has 0 radical (unpaired) electrons. The van der Waals surface area contributed by atoms with Gasteiger partial charge in [-0.25, -0.2) is 0 Å². The number of hydrogen-bond donors (Lipinski definition) is 1. The van der Waals surface area contributed by atoms with Crippen molar-refractivity contribution in [3.8, 4) is 0 Å². The predicted octanol–water partition coefficient (Wildman–Crippen LogP) is 2.53. The molecular formula is C10H18O. The van der Waals surface area contributed by atoms with Crippen LogP contribution in [0.4, 0.5) is 0 Å². The molecule has 11 heavy (non-hydrogen) atoms. The van der Waals surface area contributed by atoms with Gasteiger partial charge in [-0.05, 0) is 26.7 Å². The molecule has 1 heteroatoms. The Morgan fingerprint density at radius 1 is 1.27 bits per heavy atom. The minimum atomic E-state index is 0.168. The number of rotatable bonds is 3. The Morgan fingerprint density at radius 3 is 2.18 bits per heavy atom. The van der Waals surface area contributed by atoms with Gasteiger partial charge in [0.15, 0.2) is 0 Å². The van der Waals surface area contributed by atoms with E-state index in [4.69, 9.17) is 5.11 Å². The molecule has 0 saturated heterocycles. The summed E-state index contributed by atoms with van der Waals surface area (Å²) in [5, 5.41) is 8.73. The third kappa shape index (κ3) is 5.86. The highest BCUT2D eigenvalue weighted by Gasteiger charge is 1.93. The number of aliphatic hydroxyl groups excluding tert-OH is 1.